The Balaban J connectivity index is 3.01. The third-order valence-corrected chi connectivity index (χ3v) is 3.29. The molecule has 1 rings (SSSR count). The van der Waals surface area contributed by atoms with E-state index in [4.69, 9.17) is 17.3 Å². The lowest BCUT2D eigenvalue weighted by atomic mass is 10.1. The highest BCUT2D eigenvalue weighted by molar-refractivity contribution is 7.99. The van der Waals surface area contributed by atoms with Gasteiger partial charge in [0, 0.05) is 10.5 Å². The van der Waals surface area contributed by atoms with Crippen LogP contribution in [0.1, 0.15) is 12.5 Å². The van der Waals surface area contributed by atoms with E-state index in [9.17, 15) is 8.78 Å². The normalized spacial score (nSPS) is 11.8. The van der Waals surface area contributed by atoms with Gasteiger partial charge in [-0.3, -0.25) is 0 Å². The van der Waals surface area contributed by atoms with Gasteiger partial charge in [-0.25, -0.2) is 0 Å². The second-order valence-electron chi connectivity index (χ2n) is 2.99. The molecule has 0 aliphatic rings. The first-order valence-corrected chi connectivity index (χ1v) is 5.88. The number of hydrogen-bond donors (Lipinski definition) is 1. The predicted octanol–water partition coefficient (Wildman–Crippen LogP) is 3.50. The Kier molecular flexibility index (Phi) is 4.37. The number of alkyl halides is 2. The van der Waals surface area contributed by atoms with Gasteiger partial charge in [0.2, 0.25) is 0 Å². The number of hydrogen-bond acceptors (Lipinski definition) is 2. The first-order chi connectivity index (χ1) is 7.01. The Bertz CT molecular complexity index is 344. The van der Waals surface area contributed by atoms with Crippen LogP contribution < -0.4 is 5.73 Å². The maximum atomic E-state index is 13.2. The molecule has 2 N–H and O–H groups in total. The van der Waals surface area contributed by atoms with Crippen LogP contribution >= 0.6 is 23.4 Å². The van der Waals surface area contributed by atoms with Gasteiger partial charge >= 0.3 is 0 Å². The molecule has 0 fully saturated rings. The molecule has 0 atom stereocenters. The maximum Gasteiger partial charge on any atom is 0.285 e. The average molecular weight is 252 g/mol. The van der Waals surface area contributed by atoms with Crippen LogP contribution in [0.5, 0.6) is 0 Å². The molecule has 0 aliphatic carbocycles. The Hall–Kier alpha value is -0.320. The molecule has 0 aliphatic heterocycles. The summed E-state index contributed by atoms with van der Waals surface area (Å²) in [7, 11) is 0. The van der Waals surface area contributed by atoms with Gasteiger partial charge in [0.25, 0.3) is 5.92 Å². The zero-order valence-corrected chi connectivity index (χ0v) is 9.84. The zero-order valence-electron chi connectivity index (χ0n) is 8.27. The van der Waals surface area contributed by atoms with E-state index in [2.05, 4.69) is 0 Å². The van der Waals surface area contributed by atoms with Crippen LogP contribution in [0.2, 0.25) is 5.02 Å². The lowest BCUT2D eigenvalue weighted by Crippen LogP contribution is -2.24. The third-order valence-electron chi connectivity index (χ3n) is 1.91. The minimum atomic E-state index is -3.00. The quantitative estimate of drug-likeness (QED) is 0.829. The van der Waals surface area contributed by atoms with Crippen molar-refractivity contribution >= 4 is 23.4 Å². The topological polar surface area (TPSA) is 26.0 Å². The van der Waals surface area contributed by atoms with Crippen LogP contribution in [0.4, 0.5) is 8.78 Å². The van der Waals surface area contributed by atoms with E-state index in [0.29, 0.717) is 5.02 Å². The molecule has 84 valence electrons. The number of rotatable bonds is 4. The van der Waals surface area contributed by atoms with Crippen LogP contribution in [0.3, 0.4) is 0 Å². The number of benzene rings is 1. The monoisotopic (exact) mass is 251 g/mol. The van der Waals surface area contributed by atoms with E-state index in [0.717, 1.165) is 10.6 Å². The van der Waals surface area contributed by atoms with E-state index in [1.54, 1.807) is 6.07 Å². The summed E-state index contributed by atoms with van der Waals surface area (Å²) in [5.41, 5.74) is 4.86. The van der Waals surface area contributed by atoms with Crippen molar-refractivity contribution < 1.29 is 8.78 Å². The second-order valence-corrected chi connectivity index (χ2v) is 4.70. The lowest BCUT2D eigenvalue weighted by Gasteiger charge is -2.15. The zero-order chi connectivity index (χ0) is 11.5. The van der Waals surface area contributed by atoms with E-state index in [1.807, 2.05) is 6.92 Å². The molecule has 0 heterocycles. The van der Waals surface area contributed by atoms with E-state index >= 15 is 0 Å². The van der Waals surface area contributed by atoms with Crippen LogP contribution in [0, 0.1) is 0 Å². The first-order valence-electron chi connectivity index (χ1n) is 4.52. The molecule has 0 saturated carbocycles. The molecular weight excluding hydrogens is 240 g/mol. The Morgan fingerprint density at radius 1 is 1.47 bits per heavy atom. The summed E-state index contributed by atoms with van der Waals surface area (Å²) in [4.78, 5) is 0.815. The largest absolute Gasteiger partial charge is 0.325 e. The standard InChI is InChI=1S/C10H12ClF2NS/c1-2-15-9-4-3-7(5-8(9)11)10(12,13)6-14/h3-5H,2,6,14H2,1H3. The summed E-state index contributed by atoms with van der Waals surface area (Å²) < 4.78 is 26.4. The Morgan fingerprint density at radius 2 is 2.13 bits per heavy atom. The van der Waals surface area contributed by atoms with Crippen molar-refractivity contribution in [1.29, 1.82) is 0 Å². The molecule has 1 nitrogen and oxygen atoms in total. The van der Waals surface area contributed by atoms with Gasteiger partial charge in [0.05, 0.1) is 11.6 Å². The molecule has 0 amide bonds. The van der Waals surface area contributed by atoms with Gasteiger partial charge in [-0.1, -0.05) is 24.6 Å². The molecule has 0 saturated heterocycles. The van der Waals surface area contributed by atoms with Crippen molar-refractivity contribution in [2.45, 2.75) is 17.7 Å². The summed E-state index contributed by atoms with van der Waals surface area (Å²) in [6, 6.07) is 4.26. The molecule has 15 heavy (non-hydrogen) atoms. The predicted molar refractivity (Wildman–Crippen MR) is 60.8 cm³/mol. The minimum absolute atomic E-state index is 0.129. The highest BCUT2D eigenvalue weighted by Crippen LogP contribution is 2.33. The van der Waals surface area contributed by atoms with Gasteiger partial charge in [0.1, 0.15) is 0 Å². The first kappa shape index (κ1) is 12.7. The van der Waals surface area contributed by atoms with Gasteiger partial charge in [-0.05, 0) is 17.9 Å². The number of nitrogens with two attached hydrogens (primary N) is 1. The van der Waals surface area contributed by atoms with Crippen molar-refractivity contribution in [1.82, 2.24) is 0 Å². The fraction of sp³-hybridized carbons (Fsp3) is 0.400. The van der Waals surface area contributed by atoms with Crippen molar-refractivity contribution in [2.75, 3.05) is 12.3 Å². The molecular formula is C10H12ClF2NS. The summed E-state index contributed by atoms with van der Waals surface area (Å²) in [6.07, 6.45) is 0. The van der Waals surface area contributed by atoms with Gasteiger partial charge in [-0.15, -0.1) is 11.8 Å². The number of thioether (sulfide) groups is 1. The molecule has 0 unspecified atom stereocenters. The third kappa shape index (κ3) is 3.06. The Labute approximate surface area is 97.0 Å². The van der Waals surface area contributed by atoms with Crippen LogP contribution in [0.25, 0.3) is 0 Å². The average Bonchev–Trinajstić information content (AvgIpc) is 2.21. The molecule has 0 bridgehead atoms. The molecule has 1 aromatic carbocycles. The van der Waals surface area contributed by atoms with Crippen molar-refractivity contribution in [2.24, 2.45) is 5.73 Å². The number of halogens is 3. The van der Waals surface area contributed by atoms with E-state index in [-0.39, 0.29) is 5.56 Å². The summed E-state index contributed by atoms with van der Waals surface area (Å²) in [6.45, 7) is 1.27. The molecule has 1 aromatic rings. The van der Waals surface area contributed by atoms with Crippen LogP contribution in [-0.2, 0) is 5.92 Å². The lowest BCUT2D eigenvalue weighted by molar-refractivity contribution is 0.00591. The highest BCUT2D eigenvalue weighted by atomic mass is 35.5. The smallest absolute Gasteiger partial charge is 0.285 e. The summed E-state index contributed by atoms with van der Waals surface area (Å²) >= 11 is 7.40. The maximum absolute atomic E-state index is 13.2. The fourth-order valence-electron chi connectivity index (χ4n) is 1.12. The molecule has 0 spiro atoms. The summed E-state index contributed by atoms with van der Waals surface area (Å²) in [5.74, 6) is -2.15. The van der Waals surface area contributed by atoms with Gasteiger partial charge in [-0.2, -0.15) is 8.78 Å². The highest BCUT2D eigenvalue weighted by Gasteiger charge is 2.29. The SMILES string of the molecule is CCSc1ccc(C(F)(F)CN)cc1Cl. The molecule has 5 heteroatoms. The van der Waals surface area contributed by atoms with Gasteiger partial charge in [0.15, 0.2) is 0 Å². The van der Waals surface area contributed by atoms with Crippen molar-refractivity contribution in [3.05, 3.63) is 28.8 Å². The van der Waals surface area contributed by atoms with Gasteiger partial charge < -0.3 is 5.73 Å². The Morgan fingerprint density at radius 3 is 2.60 bits per heavy atom. The van der Waals surface area contributed by atoms with Crippen LogP contribution in [-0.4, -0.2) is 12.3 Å². The van der Waals surface area contributed by atoms with Crippen LogP contribution in [0.15, 0.2) is 23.1 Å². The second kappa shape index (κ2) is 5.14. The van der Waals surface area contributed by atoms with E-state index < -0.39 is 12.5 Å². The van der Waals surface area contributed by atoms with E-state index in [1.165, 1.54) is 23.9 Å². The van der Waals surface area contributed by atoms with Crippen molar-refractivity contribution in [3.8, 4) is 0 Å². The molecule has 0 aromatic heterocycles. The minimum Gasteiger partial charge on any atom is -0.325 e. The van der Waals surface area contributed by atoms with Crippen molar-refractivity contribution in [3.63, 3.8) is 0 Å². The molecule has 0 radical (unpaired) electrons. The summed E-state index contributed by atoms with van der Waals surface area (Å²) in [5, 5.41) is 0.354. The fourth-order valence-corrected chi connectivity index (χ4v) is 2.14.